The molecule has 0 aliphatic heterocycles. The Morgan fingerprint density at radius 3 is 2.35 bits per heavy atom. The fourth-order valence-electron chi connectivity index (χ4n) is 1.57. The van der Waals surface area contributed by atoms with Crippen molar-refractivity contribution in [2.24, 2.45) is 0 Å². The summed E-state index contributed by atoms with van der Waals surface area (Å²) in [5.74, 6) is 1.61. The van der Waals surface area contributed by atoms with Crippen molar-refractivity contribution in [3.63, 3.8) is 0 Å². The number of hydrogen-bond acceptors (Lipinski definition) is 3. The second-order valence-corrected chi connectivity index (χ2v) is 4.52. The number of nitrogens with one attached hydrogen (secondary N) is 1. The third-order valence-corrected chi connectivity index (χ3v) is 2.34. The lowest BCUT2D eigenvalue weighted by molar-refractivity contribution is 0.103. The van der Waals surface area contributed by atoms with Crippen molar-refractivity contribution >= 4 is 0 Å². The van der Waals surface area contributed by atoms with Crippen LogP contribution in [0.15, 0.2) is 24.3 Å². The normalized spacial score (nSPS) is 11.3. The highest BCUT2D eigenvalue weighted by Gasteiger charge is 2.20. The van der Waals surface area contributed by atoms with Gasteiger partial charge < -0.3 is 14.8 Å². The molecule has 3 nitrogen and oxygen atoms in total. The summed E-state index contributed by atoms with van der Waals surface area (Å²) in [4.78, 5) is 0. The van der Waals surface area contributed by atoms with Gasteiger partial charge in [0.05, 0.1) is 6.61 Å². The van der Waals surface area contributed by atoms with Crippen LogP contribution >= 0.6 is 0 Å². The van der Waals surface area contributed by atoms with E-state index in [2.05, 4.69) is 26.1 Å². The first-order valence-electron chi connectivity index (χ1n) is 6.20. The zero-order chi connectivity index (χ0) is 12.7. The zero-order valence-electron chi connectivity index (χ0n) is 11.2. The molecule has 0 aromatic heterocycles. The summed E-state index contributed by atoms with van der Waals surface area (Å²) in [6.07, 6.45) is 0. The van der Waals surface area contributed by atoms with E-state index in [1.807, 2.05) is 31.2 Å². The third kappa shape index (κ3) is 4.65. The van der Waals surface area contributed by atoms with Gasteiger partial charge in [-0.1, -0.05) is 19.1 Å². The van der Waals surface area contributed by atoms with Crippen LogP contribution in [0.25, 0.3) is 0 Å². The summed E-state index contributed by atoms with van der Waals surface area (Å²) in [5.41, 5.74) is -0.247. The quantitative estimate of drug-likeness (QED) is 0.791. The summed E-state index contributed by atoms with van der Waals surface area (Å²) in [5, 5.41) is 3.29. The van der Waals surface area contributed by atoms with Gasteiger partial charge >= 0.3 is 0 Å². The fourth-order valence-corrected chi connectivity index (χ4v) is 1.57. The second-order valence-electron chi connectivity index (χ2n) is 4.52. The lowest BCUT2D eigenvalue weighted by atomic mass is 10.1. The Balaban J connectivity index is 2.72. The van der Waals surface area contributed by atoms with Crippen molar-refractivity contribution in [1.29, 1.82) is 0 Å². The Bertz CT molecular complexity index is 337. The van der Waals surface area contributed by atoms with Crippen molar-refractivity contribution in [3.05, 3.63) is 24.3 Å². The molecule has 1 N–H and O–H groups in total. The van der Waals surface area contributed by atoms with Gasteiger partial charge in [0.15, 0.2) is 11.5 Å². The molecule has 0 fully saturated rings. The number of para-hydroxylation sites is 2. The lowest BCUT2D eigenvalue weighted by Crippen LogP contribution is -2.40. The first kappa shape index (κ1) is 13.8. The summed E-state index contributed by atoms with van der Waals surface area (Å²) in [7, 11) is 0. The van der Waals surface area contributed by atoms with Gasteiger partial charge in [0.2, 0.25) is 0 Å². The van der Waals surface area contributed by atoms with Crippen molar-refractivity contribution in [2.45, 2.75) is 33.3 Å². The zero-order valence-corrected chi connectivity index (χ0v) is 11.2. The predicted octanol–water partition coefficient (Wildman–Crippen LogP) is 2.85. The van der Waals surface area contributed by atoms with Crippen molar-refractivity contribution in [1.82, 2.24) is 5.32 Å². The highest BCUT2D eigenvalue weighted by Crippen LogP contribution is 2.29. The summed E-state index contributed by atoms with van der Waals surface area (Å²) in [6, 6.07) is 7.79. The Hall–Kier alpha value is -1.22. The number of rotatable bonds is 7. The topological polar surface area (TPSA) is 30.5 Å². The number of likely N-dealkylation sites (N-methyl/N-ethyl adjacent to an activating group) is 1. The SMILES string of the molecule is CCNCC(C)(C)Oc1ccccc1OCC. The monoisotopic (exact) mass is 237 g/mol. The molecule has 0 radical (unpaired) electrons. The molecule has 0 saturated carbocycles. The molecule has 1 rings (SSSR count). The van der Waals surface area contributed by atoms with Crippen LogP contribution in [-0.4, -0.2) is 25.3 Å². The van der Waals surface area contributed by atoms with Crippen LogP contribution in [0, 0.1) is 0 Å². The van der Waals surface area contributed by atoms with E-state index in [-0.39, 0.29) is 5.60 Å². The van der Waals surface area contributed by atoms with Crippen LogP contribution in [0.2, 0.25) is 0 Å². The average Bonchev–Trinajstić information content (AvgIpc) is 2.29. The van der Waals surface area contributed by atoms with Gasteiger partial charge in [-0.15, -0.1) is 0 Å². The summed E-state index contributed by atoms with van der Waals surface area (Å²) >= 11 is 0. The van der Waals surface area contributed by atoms with Crippen molar-refractivity contribution in [3.8, 4) is 11.5 Å². The molecule has 0 aliphatic carbocycles. The highest BCUT2D eigenvalue weighted by molar-refractivity contribution is 5.39. The fraction of sp³-hybridized carbons (Fsp3) is 0.571. The van der Waals surface area contributed by atoms with Gasteiger partial charge in [-0.3, -0.25) is 0 Å². The molecule has 96 valence electrons. The van der Waals surface area contributed by atoms with Crippen molar-refractivity contribution in [2.75, 3.05) is 19.7 Å². The van der Waals surface area contributed by atoms with Crippen LogP contribution in [0.4, 0.5) is 0 Å². The Labute approximate surface area is 104 Å². The Kier molecular flexibility index (Phi) is 5.29. The Morgan fingerprint density at radius 2 is 1.76 bits per heavy atom. The van der Waals surface area contributed by atoms with E-state index in [0.29, 0.717) is 6.61 Å². The Morgan fingerprint density at radius 1 is 1.12 bits per heavy atom. The molecule has 17 heavy (non-hydrogen) atoms. The third-order valence-electron chi connectivity index (χ3n) is 2.34. The molecule has 1 aromatic rings. The van der Waals surface area contributed by atoms with E-state index in [9.17, 15) is 0 Å². The minimum Gasteiger partial charge on any atom is -0.490 e. The van der Waals surface area contributed by atoms with Gasteiger partial charge in [0.1, 0.15) is 5.60 Å². The standard InChI is InChI=1S/C14H23NO2/c1-5-15-11-14(3,4)17-13-10-8-7-9-12(13)16-6-2/h7-10,15H,5-6,11H2,1-4H3. The maximum Gasteiger partial charge on any atom is 0.162 e. The minimum absolute atomic E-state index is 0.247. The van der Waals surface area contributed by atoms with Crippen LogP contribution < -0.4 is 14.8 Å². The van der Waals surface area contributed by atoms with Gasteiger partial charge in [-0.25, -0.2) is 0 Å². The van der Waals surface area contributed by atoms with Crippen LogP contribution in [0.5, 0.6) is 11.5 Å². The maximum absolute atomic E-state index is 6.00. The van der Waals surface area contributed by atoms with Gasteiger partial charge in [0, 0.05) is 6.54 Å². The van der Waals surface area contributed by atoms with Crippen LogP contribution in [0.3, 0.4) is 0 Å². The average molecular weight is 237 g/mol. The number of benzene rings is 1. The van der Waals surface area contributed by atoms with E-state index in [1.54, 1.807) is 0 Å². The number of hydrogen-bond donors (Lipinski definition) is 1. The molecule has 0 amide bonds. The largest absolute Gasteiger partial charge is 0.490 e. The van der Waals surface area contributed by atoms with E-state index in [0.717, 1.165) is 24.6 Å². The minimum atomic E-state index is -0.247. The second kappa shape index (κ2) is 6.50. The van der Waals surface area contributed by atoms with Gasteiger partial charge in [0.25, 0.3) is 0 Å². The lowest BCUT2D eigenvalue weighted by Gasteiger charge is -2.27. The van der Waals surface area contributed by atoms with Crippen molar-refractivity contribution < 1.29 is 9.47 Å². The van der Waals surface area contributed by atoms with Gasteiger partial charge in [-0.2, -0.15) is 0 Å². The summed E-state index contributed by atoms with van der Waals surface area (Å²) in [6.45, 7) is 10.6. The highest BCUT2D eigenvalue weighted by atomic mass is 16.5. The smallest absolute Gasteiger partial charge is 0.162 e. The summed E-state index contributed by atoms with van der Waals surface area (Å²) < 4.78 is 11.5. The molecule has 0 bridgehead atoms. The molecule has 0 atom stereocenters. The van der Waals surface area contributed by atoms with E-state index in [4.69, 9.17) is 9.47 Å². The van der Waals surface area contributed by atoms with Gasteiger partial charge in [-0.05, 0) is 39.4 Å². The van der Waals surface area contributed by atoms with E-state index >= 15 is 0 Å². The molecular formula is C14H23NO2. The molecule has 0 unspecified atom stereocenters. The van der Waals surface area contributed by atoms with Crippen LogP contribution in [-0.2, 0) is 0 Å². The molecular weight excluding hydrogens is 214 g/mol. The molecule has 0 saturated heterocycles. The van der Waals surface area contributed by atoms with E-state index in [1.165, 1.54) is 0 Å². The molecule has 0 aliphatic rings. The molecule has 1 aromatic carbocycles. The predicted molar refractivity (Wildman–Crippen MR) is 70.9 cm³/mol. The molecule has 3 heteroatoms. The first-order valence-corrected chi connectivity index (χ1v) is 6.20. The van der Waals surface area contributed by atoms with Crippen LogP contribution in [0.1, 0.15) is 27.7 Å². The molecule has 0 spiro atoms. The van der Waals surface area contributed by atoms with E-state index < -0.39 is 0 Å². The first-order chi connectivity index (χ1) is 8.09. The molecule has 0 heterocycles. The maximum atomic E-state index is 6.00. The number of ether oxygens (including phenoxy) is 2.